The van der Waals surface area contributed by atoms with E-state index in [1.807, 2.05) is 0 Å². The molecule has 3 aromatic rings. The van der Waals surface area contributed by atoms with Crippen LogP contribution in [0.5, 0.6) is 5.75 Å². The first-order valence-corrected chi connectivity index (χ1v) is 9.86. The van der Waals surface area contributed by atoms with Crippen LogP contribution in [0.4, 0.5) is 30.7 Å². The van der Waals surface area contributed by atoms with Crippen LogP contribution in [0.15, 0.2) is 76.2 Å². The number of alkyl halides is 5. The molecule has 1 aromatic heterocycles. The molecule has 4 rings (SSSR count). The van der Waals surface area contributed by atoms with Crippen LogP contribution in [-0.4, -0.2) is 33.8 Å². The maximum atomic E-state index is 15.7. The van der Waals surface area contributed by atoms with Gasteiger partial charge in [-0.1, -0.05) is 18.2 Å². The number of hydrazone groups is 1. The van der Waals surface area contributed by atoms with Gasteiger partial charge in [0, 0.05) is 23.4 Å². The molecule has 7 nitrogen and oxygen atoms in total. The Bertz CT molecular complexity index is 1340. The molecule has 36 heavy (non-hydrogen) atoms. The lowest BCUT2D eigenvalue weighted by Crippen LogP contribution is -2.47. The van der Waals surface area contributed by atoms with E-state index in [9.17, 15) is 27.1 Å². The Morgan fingerprint density at radius 2 is 1.58 bits per heavy atom. The summed E-state index contributed by atoms with van der Waals surface area (Å²) in [4.78, 5) is 4.16. The van der Waals surface area contributed by atoms with Gasteiger partial charge in [-0.15, -0.1) is 13.2 Å². The van der Waals surface area contributed by atoms with Crippen molar-refractivity contribution in [2.24, 2.45) is 15.4 Å². The quantitative estimate of drug-likeness (QED) is 0.359. The lowest BCUT2D eigenvalue weighted by Gasteiger charge is -2.31. The summed E-state index contributed by atoms with van der Waals surface area (Å²) < 4.78 is 100. The second kappa shape index (κ2) is 9.11. The van der Waals surface area contributed by atoms with Gasteiger partial charge in [-0.25, -0.2) is 8.78 Å². The summed E-state index contributed by atoms with van der Waals surface area (Å²) in [6, 6.07) is 8.23. The maximum absolute atomic E-state index is 15.7. The maximum Gasteiger partial charge on any atom is 0.573 e. The number of aromatic nitrogens is 1. The molecule has 0 saturated carbocycles. The zero-order valence-electron chi connectivity index (χ0n) is 17.7. The molecule has 186 valence electrons. The Balaban J connectivity index is 1.71. The van der Waals surface area contributed by atoms with Gasteiger partial charge < -0.3 is 9.84 Å². The molecule has 0 radical (unpaired) electrons. The zero-order valence-corrected chi connectivity index (χ0v) is 17.7. The van der Waals surface area contributed by atoms with Gasteiger partial charge in [0.25, 0.3) is 6.34 Å². The third-order valence-corrected chi connectivity index (χ3v) is 4.99. The van der Waals surface area contributed by atoms with Crippen molar-refractivity contribution < 1.29 is 45.4 Å². The highest BCUT2D eigenvalue weighted by molar-refractivity contribution is 5.70. The number of nitrogens with zero attached hydrogens (tertiary/aromatic N) is 5. The fraction of sp³-hybridized carbons (Fsp3) is 0.136. The first-order chi connectivity index (χ1) is 16.9. The molecule has 0 saturated heterocycles. The van der Waals surface area contributed by atoms with Crippen LogP contribution in [-0.2, 0) is 11.5 Å². The molecule has 2 heterocycles. The van der Waals surface area contributed by atoms with E-state index in [4.69, 9.17) is 0 Å². The van der Waals surface area contributed by atoms with E-state index in [-0.39, 0.29) is 5.56 Å². The van der Waals surface area contributed by atoms with Crippen LogP contribution in [0.2, 0.25) is 0 Å². The van der Waals surface area contributed by atoms with E-state index < -0.39 is 46.5 Å². The number of hydrogen-bond acceptors (Lipinski definition) is 6. The van der Waals surface area contributed by atoms with E-state index >= 15 is 8.78 Å². The third-order valence-electron chi connectivity index (χ3n) is 4.99. The van der Waals surface area contributed by atoms with Crippen molar-refractivity contribution in [1.82, 2.24) is 4.98 Å². The van der Waals surface area contributed by atoms with Crippen LogP contribution in [0.25, 0.3) is 11.1 Å². The highest BCUT2D eigenvalue weighted by Gasteiger charge is 2.58. The summed E-state index contributed by atoms with van der Waals surface area (Å²) in [6.07, 6.45) is -2.62. The number of rotatable bonds is 6. The topological polar surface area (TPSA) is 82.4 Å². The van der Waals surface area contributed by atoms with E-state index in [2.05, 4.69) is 25.2 Å². The van der Waals surface area contributed by atoms with Crippen LogP contribution in [0.3, 0.4) is 0 Å². The van der Waals surface area contributed by atoms with Gasteiger partial charge in [-0.3, -0.25) is 4.98 Å². The largest absolute Gasteiger partial charge is 0.573 e. The number of halogens is 7. The van der Waals surface area contributed by atoms with Crippen molar-refractivity contribution in [2.75, 3.05) is 0 Å². The van der Waals surface area contributed by atoms with Crippen molar-refractivity contribution in [3.8, 4) is 16.9 Å². The van der Waals surface area contributed by atoms with Gasteiger partial charge in [-0.2, -0.15) is 8.78 Å². The normalized spacial score (nSPS) is 16.4. The van der Waals surface area contributed by atoms with Gasteiger partial charge in [0.1, 0.15) is 23.1 Å². The van der Waals surface area contributed by atoms with E-state index in [0.29, 0.717) is 34.8 Å². The second-order valence-electron chi connectivity index (χ2n) is 7.35. The highest BCUT2D eigenvalue weighted by atomic mass is 19.4. The Morgan fingerprint density at radius 1 is 0.889 bits per heavy atom. The van der Waals surface area contributed by atoms with Crippen LogP contribution >= 0.6 is 0 Å². The second-order valence-corrected chi connectivity index (χ2v) is 7.35. The predicted molar refractivity (Wildman–Crippen MR) is 110 cm³/mol. The number of benzene rings is 2. The van der Waals surface area contributed by atoms with Gasteiger partial charge in [-0.05, 0) is 45.8 Å². The van der Waals surface area contributed by atoms with Crippen molar-refractivity contribution in [1.29, 1.82) is 0 Å². The van der Waals surface area contributed by atoms with Crippen LogP contribution in [0.1, 0.15) is 11.3 Å². The third kappa shape index (κ3) is 4.93. The van der Waals surface area contributed by atoms with Crippen LogP contribution in [0, 0.1) is 11.6 Å². The molecule has 1 N–H and O–H groups in total. The van der Waals surface area contributed by atoms with Crippen LogP contribution < -0.4 is 4.74 Å². The molecule has 1 atom stereocenters. The molecule has 1 unspecified atom stereocenters. The van der Waals surface area contributed by atoms with Gasteiger partial charge in [0.05, 0.1) is 5.11 Å². The summed E-state index contributed by atoms with van der Waals surface area (Å²) in [7, 11) is 0. The average Bonchev–Trinajstić information content (AvgIpc) is 3.31. The molecular weight excluding hydrogens is 499 g/mol. The van der Waals surface area contributed by atoms with E-state index in [1.54, 1.807) is 0 Å². The summed E-state index contributed by atoms with van der Waals surface area (Å²) in [5.41, 5.74) is -4.88. The van der Waals surface area contributed by atoms with Crippen molar-refractivity contribution in [2.45, 2.75) is 17.9 Å². The Labute approximate surface area is 197 Å². The first-order valence-electron chi connectivity index (χ1n) is 9.86. The summed E-state index contributed by atoms with van der Waals surface area (Å²) >= 11 is 0. The molecule has 0 fully saturated rings. The predicted octanol–water partition coefficient (Wildman–Crippen LogP) is 5.31. The molecule has 1 aliphatic rings. The lowest BCUT2D eigenvalue weighted by atomic mass is 9.85. The van der Waals surface area contributed by atoms with E-state index in [1.165, 1.54) is 18.2 Å². The first kappa shape index (κ1) is 24.9. The molecule has 0 spiro atoms. The lowest BCUT2D eigenvalue weighted by molar-refractivity contribution is -0.540. The standard InChI is InChI=1S/C22H13F7N5O2/c23-15-4-7-17(18(24)9-15)20(35,11-34-32-12-31-33-34)21(25,26)19-8-3-14(10-30-19)13-1-5-16(6-2-13)36-22(27,28)29/h1-12,35H/q+1/b34-11+. The van der Waals surface area contributed by atoms with Gasteiger partial charge >= 0.3 is 12.3 Å². The molecule has 0 aliphatic carbocycles. The van der Waals surface area contributed by atoms with Gasteiger partial charge in [0.15, 0.2) is 11.4 Å². The fourth-order valence-electron chi connectivity index (χ4n) is 3.31. The summed E-state index contributed by atoms with van der Waals surface area (Å²) in [5, 5.41) is 21.3. The molecule has 1 aliphatic heterocycles. The Hall–Kier alpha value is -4.20. The number of pyridine rings is 1. The molecule has 2 aromatic carbocycles. The smallest absolute Gasteiger partial charge is 0.406 e. The summed E-state index contributed by atoms with van der Waals surface area (Å²) in [6.45, 7) is 0. The Kier molecular flexibility index (Phi) is 6.30. The average molecular weight is 512 g/mol. The van der Waals surface area contributed by atoms with E-state index in [0.717, 1.165) is 30.7 Å². The van der Waals surface area contributed by atoms with Gasteiger partial charge in [0.2, 0.25) is 5.60 Å². The SMILES string of the molecule is OC(/C=[N+]1\N=CN=N1)(c1ccc(F)cc1F)C(F)(F)c1ccc(-c2ccc(OC(F)(F)F)cc2)cn1. The minimum atomic E-state index is -4.88. The highest BCUT2D eigenvalue weighted by Crippen LogP contribution is 2.45. The monoisotopic (exact) mass is 512 g/mol. The molecular formula is C22H13F7N5O2+. The number of ether oxygens (including phenoxy) is 1. The summed E-state index contributed by atoms with van der Waals surface area (Å²) in [5.74, 6) is -7.32. The number of hydrogen-bond donors (Lipinski definition) is 1. The van der Waals surface area contributed by atoms with Crippen molar-refractivity contribution >= 4 is 12.6 Å². The van der Waals surface area contributed by atoms with Crippen molar-refractivity contribution in [3.63, 3.8) is 0 Å². The Morgan fingerprint density at radius 3 is 2.14 bits per heavy atom. The minimum Gasteiger partial charge on any atom is -0.406 e. The zero-order chi connectivity index (χ0) is 26.1. The minimum absolute atomic E-state index is 0.242. The van der Waals surface area contributed by atoms with Crippen molar-refractivity contribution in [3.05, 3.63) is 83.7 Å². The molecule has 0 bridgehead atoms. The molecule has 0 amide bonds. The molecule has 14 heteroatoms. The number of aliphatic hydroxyl groups is 1. The fourth-order valence-corrected chi connectivity index (χ4v) is 3.31.